The van der Waals surface area contributed by atoms with Crippen LogP contribution in [0.25, 0.3) is 11.1 Å². The summed E-state index contributed by atoms with van der Waals surface area (Å²) in [5.41, 5.74) is -3.89. The predicted octanol–water partition coefficient (Wildman–Crippen LogP) is -0.494. The molecule has 0 radical (unpaired) electrons. The fraction of sp³-hybridized carbons (Fsp3) is 0. The van der Waals surface area contributed by atoms with E-state index in [0.717, 1.165) is 0 Å². The van der Waals surface area contributed by atoms with Gasteiger partial charge in [0, 0.05) is 0 Å². The minimum atomic E-state index is -1.65. The van der Waals surface area contributed by atoms with E-state index < -0.39 is 56.3 Å². The summed E-state index contributed by atoms with van der Waals surface area (Å²) < 4.78 is 55.6. The van der Waals surface area contributed by atoms with E-state index in [0.29, 0.717) is 0 Å². The van der Waals surface area contributed by atoms with Gasteiger partial charge in [-0.2, -0.15) is 58.5 Å². The van der Waals surface area contributed by atoms with Crippen LogP contribution in [0.15, 0.2) is 0 Å². The first-order valence-corrected chi connectivity index (χ1v) is 6.19. The molecule has 26 heavy (non-hydrogen) atoms. The summed E-state index contributed by atoms with van der Waals surface area (Å²) in [7, 11) is 0. The van der Waals surface area contributed by atoms with Gasteiger partial charge in [-0.05, 0) is 0 Å². The molecule has 0 saturated heterocycles. The molecule has 0 fully saturated rings. The average Bonchev–Trinajstić information content (AvgIpc) is 2.60. The van der Waals surface area contributed by atoms with E-state index in [1.54, 1.807) is 0 Å². The second-order valence-corrected chi connectivity index (χ2v) is 4.20. The second-order valence-electron chi connectivity index (χ2n) is 4.20. The summed E-state index contributed by atoms with van der Waals surface area (Å²) in [5.74, 6) is -6.61. The maximum Gasteiger partial charge on any atom is 0.229 e. The Labute approximate surface area is 140 Å². The van der Waals surface area contributed by atoms with Gasteiger partial charge < -0.3 is 0 Å². The fourth-order valence-corrected chi connectivity index (χ4v) is 1.70. The first kappa shape index (κ1) is 17.9. The van der Waals surface area contributed by atoms with Crippen molar-refractivity contribution in [1.82, 2.24) is 19.9 Å². The summed E-state index contributed by atoms with van der Waals surface area (Å²) in [6.45, 7) is 0. The van der Waals surface area contributed by atoms with Gasteiger partial charge in [-0.15, -0.1) is 0 Å². The third kappa shape index (κ3) is 2.99. The first-order chi connectivity index (χ1) is 12.4. The lowest BCUT2D eigenvalue weighted by Crippen LogP contribution is -2.23. The van der Waals surface area contributed by atoms with Gasteiger partial charge in [-0.3, -0.25) is 0 Å². The number of rotatable bonds is 0. The van der Waals surface area contributed by atoms with Gasteiger partial charge in [0.1, 0.15) is 45.9 Å². The van der Waals surface area contributed by atoms with Gasteiger partial charge in [0.25, 0.3) is 0 Å². The molecule has 0 aliphatic rings. The minimum Gasteiger partial charge on any atom is -0.195 e. The van der Waals surface area contributed by atoms with Gasteiger partial charge in [0.05, 0.1) is 0 Å². The summed E-state index contributed by atoms with van der Waals surface area (Å²) >= 11 is 0. The monoisotopic (exact) mass is 356 g/mol. The topological polar surface area (TPSA) is 147 Å². The van der Waals surface area contributed by atoms with E-state index in [2.05, 4.69) is 19.9 Å². The molecule has 0 aliphatic carbocycles. The lowest BCUT2D eigenvalue weighted by atomic mass is 10.2. The van der Waals surface area contributed by atoms with Crippen molar-refractivity contribution < 1.29 is 17.6 Å². The highest BCUT2D eigenvalue weighted by Gasteiger charge is 2.14. The molecule has 0 aromatic carbocycles. The summed E-state index contributed by atoms with van der Waals surface area (Å²) in [6.07, 6.45) is 0. The zero-order valence-electron chi connectivity index (χ0n) is 12.1. The van der Waals surface area contributed by atoms with Crippen molar-refractivity contribution in [3.05, 3.63) is 45.2 Å². The Balaban J connectivity index is 3.07. The van der Waals surface area contributed by atoms with Crippen molar-refractivity contribution in [2.75, 3.05) is 0 Å². The van der Waals surface area contributed by atoms with Gasteiger partial charge in [-0.1, -0.05) is 0 Å². The van der Waals surface area contributed by atoms with Crippen LogP contribution in [0.2, 0.25) is 0 Å². The van der Waals surface area contributed by atoms with Crippen LogP contribution in [0.4, 0.5) is 17.6 Å². The Hall–Kier alpha value is -4.42. The van der Waals surface area contributed by atoms with Crippen molar-refractivity contribution in [2.45, 2.75) is 0 Å². The smallest absolute Gasteiger partial charge is 0.195 e. The van der Waals surface area contributed by atoms with E-state index >= 15 is 0 Å². The highest BCUT2D eigenvalue weighted by Crippen LogP contribution is 1.97. The van der Waals surface area contributed by atoms with Crippen LogP contribution in [-0.4, -0.2) is 19.9 Å². The molecule has 8 nitrogen and oxygen atoms in total. The molecule has 0 spiro atoms. The summed E-state index contributed by atoms with van der Waals surface area (Å²) in [5, 5.41) is 32.3. The van der Waals surface area contributed by atoms with Crippen molar-refractivity contribution in [3.63, 3.8) is 0 Å². The summed E-state index contributed by atoms with van der Waals surface area (Å²) in [4.78, 5) is 12.3. The van der Waals surface area contributed by atoms with Gasteiger partial charge >= 0.3 is 0 Å². The van der Waals surface area contributed by atoms with Crippen LogP contribution in [0.5, 0.6) is 0 Å². The number of aromatic nitrogens is 4. The average molecular weight is 356 g/mol. The van der Waals surface area contributed by atoms with Crippen LogP contribution in [0.1, 0.15) is 0 Å². The van der Waals surface area contributed by atoms with Crippen LogP contribution >= 0.6 is 0 Å². The van der Waals surface area contributed by atoms with E-state index in [4.69, 9.17) is 21.0 Å². The number of nitrogens with zero attached hydrogens (tertiary/aromatic N) is 8. The Morgan fingerprint density at radius 3 is 0.962 bits per heavy atom. The van der Waals surface area contributed by atoms with Crippen molar-refractivity contribution >= 4 is 11.1 Å². The largest absolute Gasteiger partial charge is 0.229 e. The fourth-order valence-electron chi connectivity index (χ4n) is 1.70. The lowest BCUT2D eigenvalue weighted by molar-refractivity contribution is 0.487. The molecular weight excluding hydrogens is 356 g/mol. The maximum atomic E-state index is 13.9. The molecule has 2 heterocycles. The zero-order valence-corrected chi connectivity index (χ0v) is 12.1. The maximum absolute atomic E-state index is 13.9. The zero-order chi connectivity index (χ0) is 19.4. The molecule has 0 amide bonds. The lowest BCUT2D eigenvalue weighted by Gasteiger charge is -1.96. The molecule has 0 aliphatic heterocycles. The van der Waals surface area contributed by atoms with E-state index in [1.807, 2.05) is 0 Å². The third-order valence-corrected chi connectivity index (χ3v) is 2.79. The Morgan fingerprint density at radius 1 is 0.538 bits per heavy atom. The van der Waals surface area contributed by atoms with Crippen LogP contribution in [0, 0.1) is 80.1 Å². The number of hydrogen-bond donors (Lipinski definition) is 0. The van der Waals surface area contributed by atoms with Gasteiger partial charge in [0.15, 0.2) is 0 Å². The van der Waals surface area contributed by atoms with Crippen LogP contribution in [-0.2, 0) is 0 Å². The second kappa shape index (κ2) is 7.00. The Kier molecular flexibility index (Phi) is 4.82. The normalized spacial score (nSPS) is 9.38. The predicted molar refractivity (Wildman–Crippen MR) is 70.1 cm³/mol. The molecular formula is C14F4N8. The van der Waals surface area contributed by atoms with E-state index in [1.165, 1.54) is 24.3 Å². The Morgan fingerprint density at radius 2 is 0.769 bits per heavy atom. The number of halogens is 4. The quantitative estimate of drug-likeness (QED) is 0.453. The van der Waals surface area contributed by atoms with Gasteiger partial charge in [-0.25, -0.2) is 0 Å². The van der Waals surface area contributed by atoms with Crippen LogP contribution < -0.4 is 10.4 Å². The van der Waals surface area contributed by atoms with Crippen LogP contribution in [0.3, 0.4) is 0 Å². The highest BCUT2D eigenvalue weighted by atomic mass is 19.1. The van der Waals surface area contributed by atoms with Crippen molar-refractivity contribution in [1.29, 1.82) is 21.0 Å². The molecule has 2 rings (SSSR count). The first-order valence-electron chi connectivity index (χ1n) is 6.19. The minimum absolute atomic E-state index is 0.956. The summed E-state index contributed by atoms with van der Waals surface area (Å²) in [6, 6.07) is 4.96. The van der Waals surface area contributed by atoms with Gasteiger partial charge in [0.2, 0.25) is 34.7 Å². The molecule has 2 aromatic rings. The van der Waals surface area contributed by atoms with Crippen molar-refractivity contribution in [3.8, 4) is 24.3 Å². The molecule has 12 heteroatoms. The molecule has 0 saturated carbocycles. The molecule has 124 valence electrons. The SMILES string of the molecule is N#CC(C#N)=c1c(F)nc(=c2nc(F)c(=C(C#N)C#N)c(F)n2)nc1F. The van der Waals surface area contributed by atoms with E-state index in [9.17, 15) is 17.6 Å². The number of nitriles is 4. The Bertz CT molecular complexity index is 1130. The molecule has 0 unspecified atom stereocenters. The molecule has 0 atom stereocenters. The van der Waals surface area contributed by atoms with Crippen molar-refractivity contribution in [2.24, 2.45) is 0 Å². The standard InChI is InChI=1S/C14F4N8/c15-9-7(5(1-19)2-20)10(16)24-13(23-9)14-25-11(17)8(12(18)26-14)6(3-21)4-22. The highest BCUT2D eigenvalue weighted by molar-refractivity contribution is 5.72. The molecule has 2 aromatic heterocycles. The molecule has 0 N–H and O–H groups in total. The number of hydrogen-bond acceptors (Lipinski definition) is 8. The van der Waals surface area contributed by atoms with E-state index in [-0.39, 0.29) is 0 Å². The third-order valence-electron chi connectivity index (χ3n) is 2.79. The molecule has 0 bridgehead atoms.